The number of rotatable bonds is 8. The Bertz CT molecular complexity index is 293. The van der Waals surface area contributed by atoms with Gasteiger partial charge in [0.15, 0.2) is 0 Å². The smallest absolute Gasteiger partial charge is 0.0202 e. The minimum atomic E-state index is 0.569. The Hall–Kier alpha value is -1.12. The molecule has 0 fully saturated rings. The van der Waals surface area contributed by atoms with Crippen LogP contribution in [0.1, 0.15) is 68.2 Å². The van der Waals surface area contributed by atoms with Crippen molar-refractivity contribution in [3.8, 4) is 0 Å². The molecule has 0 rings (SSSR count). The van der Waals surface area contributed by atoms with Gasteiger partial charge in [0.05, 0.1) is 0 Å². The third-order valence-corrected chi connectivity index (χ3v) is 2.14. The van der Waals surface area contributed by atoms with Crippen molar-refractivity contribution in [2.24, 2.45) is 11.7 Å². The van der Waals surface area contributed by atoms with Crippen LogP contribution in [0.5, 0.6) is 0 Å². The first-order chi connectivity index (χ1) is 11.3. The van der Waals surface area contributed by atoms with Crippen LogP contribution in [0.3, 0.4) is 0 Å². The average molecular weight is 339 g/mol. The average Bonchev–Trinajstić information content (AvgIpc) is 2.54. The quantitative estimate of drug-likeness (QED) is 0.311. The van der Waals surface area contributed by atoms with Gasteiger partial charge in [-0.3, -0.25) is 0 Å². The summed E-state index contributed by atoms with van der Waals surface area (Å²) in [4.78, 5) is 0. The second kappa shape index (κ2) is 29.8. The van der Waals surface area contributed by atoms with Gasteiger partial charge in [0.1, 0.15) is 0 Å². The molecule has 0 aromatic heterocycles. The van der Waals surface area contributed by atoms with E-state index in [1.165, 1.54) is 24.0 Å². The molecule has 3 N–H and O–H groups in total. The van der Waals surface area contributed by atoms with Gasteiger partial charge in [0.25, 0.3) is 0 Å². The normalized spacial score (nSPS) is 10.0. The van der Waals surface area contributed by atoms with Gasteiger partial charge < -0.3 is 11.1 Å². The molecule has 0 saturated carbocycles. The highest BCUT2D eigenvalue weighted by Gasteiger charge is 1.93. The number of nitrogens with two attached hydrogens (primary N) is 1. The van der Waals surface area contributed by atoms with Crippen molar-refractivity contribution in [2.75, 3.05) is 19.6 Å². The fourth-order valence-electron chi connectivity index (χ4n) is 1.13. The van der Waals surface area contributed by atoms with Gasteiger partial charge >= 0.3 is 0 Å². The molecule has 0 saturated heterocycles. The molecule has 0 aromatic carbocycles. The zero-order valence-electron chi connectivity index (χ0n) is 17.9. The van der Waals surface area contributed by atoms with E-state index in [0.717, 1.165) is 13.1 Å². The van der Waals surface area contributed by atoms with Crippen molar-refractivity contribution in [1.82, 2.24) is 5.32 Å². The van der Waals surface area contributed by atoms with Gasteiger partial charge in [-0.15, -0.1) is 6.58 Å². The standard InChI is InChI=1S/C12H22N2.C4H8.C4H10.C2H6/c1-4-5-6-12(9-11(2)3)10-14-8-7-13;1-4(2)3;1-3-4-2;1-2/h4-6,9,11,14H,1,7-8,10,13H2,2-3H3;1H2,2-3H3;3-4H2,1-2H3;1-2H3/b6-5-,12-9+;;;. The molecular weight excluding hydrogens is 292 g/mol. The van der Waals surface area contributed by atoms with Crippen LogP contribution in [0.25, 0.3) is 0 Å². The first kappa shape index (κ1) is 30.7. The third kappa shape index (κ3) is 49.7. The van der Waals surface area contributed by atoms with Gasteiger partial charge in [0, 0.05) is 19.6 Å². The Balaban J connectivity index is -0.000000165. The lowest BCUT2D eigenvalue weighted by molar-refractivity contribution is 0.732. The monoisotopic (exact) mass is 338 g/mol. The SMILES string of the molecule is C=C(C)C.C=C/C=C\C(=C/C(C)C)CNCCN.CC.CCCC. The largest absolute Gasteiger partial charge is 0.329 e. The summed E-state index contributed by atoms with van der Waals surface area (Å²) in [7, 11) is 0. The second-order valence-corrected chi connectivity index (χ2v) is 5.75. The van der Waals surface area contributed by atoms with Crippen molar-refractivity contribution in [2.45, 2.75) is 68.2 Å². The highest BCUT2D eigenvalue weighted by Crippen LogP contribution is 2.03. The molecule has 0 spiro atoms. The first-order valence-corrected chi connectivity index (χ1v) is 9.38. The highest BCUT2D eigenvalue weighted by atomic mass is 14.9. The van der Waals surface area contributed by atoms with Crippen LogP contribution in [0, 0.1) is 5.92 Å². The van der Waals surface area contributed by atoms with Crippen LogP contribution >= 0.6 is 0 Å². The van der Waals surface area contributed by atoms with Gasteiger partial charge in [-0.1, -0.05) is 90.8 Å². The van der Waals surface area contributed by atoms with E-state index in [1.807, 2.05) is 33.8 Å². The van der Waals surface area contributed by atoms with Crippen molar-refractivity contribution < 1.29 is 0 Å². The summed E-state index contributed by atoms with van der Waals surface area (Å²) >= 11 is 0. The lowest BCUT2D eigenvalue weighted by Gasteiger charge is -2.05. The predicted molar refractivity (Wildman–Crippen MR) is 117 cm³/mol. The van der Waals surface area contributed by atoms with E-state index in [1.54, 1.807) is 6.08 Å². The molecule has 0 unspecified atom stereocenters. The molecule has 0 heterocycles. The minimum absolute atomic E-state index is 0.569. The van der Waals surface area contributed by atoms with Gasteiger partial charge in [-0.05, 0) is 25.3 Å². The maximum Gasteiger partial charge on any atom is 0.0202 e. The Morgan fingerprint density at radius 1 is 1.12 bits per heavy atom. The topological polar surface area (TPSA) is 38.0 Å². The molecule has 0 bridgehead atoms. The van der Waals surface area contributed by atoms with E-state index < -0.39 is 0 Å². The molecular formula is C22H46N2. The van der Waals surface area contributed by atoms with E-state index >= 15 is 0 Å². The Labute approximate surface area is 154 Å². The van der Waals surface area contributed by atoms with E-state index in [0.29, 0.717) is 12.5 Å². The van der Waals surface area contributed by atoms with Crippen molar-refractivity contribution >= 4 is 0 Å². The summed E-state index contributed by atoms with van der Waals surface area (Å²) in [6.45, 7) is 26.3. The molecule has 2 nitrogen and oxygen atoms in total. The fourth-order valence-corrected chi connectivity index (χ4v) is 1.13. The number of unbranched alkanes of at least 4 members (excludes halogenated alkanes) is 1. The molecule has 0 aliphatic carbocycles. The molecule has 24 heavy (non-hydrogen) atoms. The molecule has 2 heteroatoms. The van der Waals surface area contributed by atoms with Crippen LogP contribution in [0.2, 0.25) is 0 Å². The van der Waals surface area contributed by atoms with E-state index in [4.69, 9.17) is 5.73 Å². The summed E-state index contributed by atoms with van der Waals surface area (Å²) < 4.78 is 0. The maximum absolute atomic E-state index is 5.40. The summed E-state index contributed by atoms with van der Waals surface area (Å²) in [5.74, 6) is 0.569. The van der Waals surface area contributed by atoms with Crippen LogP contribution < -0.4 is 11.1 Å². The molecule has 0 aliphatic heterocycles. The molecule has 0 radical (unpaired) electrons. The lowest BCUT2D eigenvalue weighted by atomic mass is 10.1. The highest BCUT2D eigenvalue weighted by molar-refractivity contribution is 5.23. The van der Waals surface area contributed by atoms with Crippen LogP contribution in [-0.2, 0) is 0 Å². The fraction of sp³-hybridized carbons (Fsp3) is 0.636. The molecule has 0 atom stereocenters. The lowest BCUT2D eigenvalue weighted by Crippen LogP contribution is -2.24. The Morgan fingerprint density at radius 3 is 1.88 bits per heavy atom. The van der Waals surface area contributed by atoms with Crippen molar-refractivity contribution in [1.29, 1.82) is 0 Å². The summed E-state index contributed by atoms with van der Waals surface area (Å²) in [5, 5.41) is 3.27. The maximum atomic E-state index is 5.40. The zero-order valence-corrected chi connectivity index (χ0v) is 17.9. The molecule has 0 aliphatic rings. The molecule has 144 valence electrons. The number of hydrogen-bond acceptors (Lipinski definition) is 2. The Morgan fingerprint density at radius 2 is 1.58 bits per heavy atom. The number of nitrogens with one attached hydrogen (secondary N) is 1. The first-order valence-electron chi connectivity index (χ1n) is 9.38. The summed E-state index contributed by atoms with van der Waals surface area (Å²) in [6, 6.07) is 0. The molecule has 0 amide bonds. The van der Waals surface area contributed by atoms with Gasteiger partial charge in [-0.2, -0.15) is 0 Å². The van der Waals surface area contributed by atoms with E-state index in [2.05, 4.69) is 58.3 Å². The van der Waals surface area contributed by atoms with Gasteiger partial charge in [-0.25, -0.2) is 0 Å². The predicted octanol–water partition coefficient (Wildman–Crippen LogP) is 6.27. The van der Waals surface area contributed by atoms with Crippen molar-refractivity contribution in [3.63, 3.8) is 0 Å². The summed E-state index contributed by atoms with van der Waals surface area (Å²) in [6.07, 6.45) is 10.7. The second-order valence-electron chi connectivity index (χ2n) is 5.75. The van der Waals surface area contributed by atoms with Gasteiger partial charge in [0.2, 0.25) is 0 Å². The van der Waals surface area contributed by atoms with Crippen molar-refractivity contribution in [3.05, 3.63) is 48.6 Å². The van der Waals surface area contributed by atoms with E-state index in [-0.39, 0.29) is 0 Å². The minimum Gasteiger partial charge on any atom is -0.329 e. The molecule has 0 aromatic rings. The Kier molecular flexibility index (Phi) is 38.2. The number of allylic oxidation sites excluding steroid dienone is 4. The van der Waals surface area contributed by atoms with Crippen LogP contribution in [0.4, 0.5) is 0 Å². The number of hydrogen-bond donors (Lipinski definition) is 2. The van der Waals surface area contributed by atoms with E-state index in [9.17, 15) is 0 Å². The third-order valence-electron chi connectivity index (χ3n) is 2.14. The van der Waals surface area contributed by atoms with Crippen LogP contribution in [-0.4, -0.2) is 19.6 Å². The zero-order chi connectivity index (χ0) is 19.8. The van der Waals surface area contributed by atoms with Crippen LogP contribution in [0.15, 0.2) is 48.6 Å². The summed E-state index contributed by atoms with van der Waals surface area (Å²) in [5.41, 5.74) is 7.85.